The summed E-state index contributed by atoms with van der Waals surface area (Å²) in [6, 6.07) is 0.329. The van der Waals surface area contributed by atoms with E-state index in [1.54, 1.807) is 0 Å². The number of carbonyl (C=O) groups excluding carboxylic acids is 1. The first-order valence-corrected chi connectivity index (χ1v) is 12.4. The third-order valence-corrected chi connectivity index (χ3v) is 6.30. The Bertz CT molecular complexity index is 388. The predicted molar refractivity (Wildman–Crippen MR) is 96.9 cm³/mol. The zero-order chi connectivity index (χ0) is 16.9. The fourth-order valence-electron chi connectivity index (χ4n) is 3.27. The number of rotatable bonds is 5. The molecule has 1 aliphatic rings. The summed E-state index contributed by atoms with van der Waals surface area (Å²) in [6.45, 7) is 15.1. The topological polar surface area (TPSA) is 29.5 Å². The van der Waals surface area contributed by atoms with Crippen LogP contribution in [0.15, 0.2) is 11.6 Å². The van der Waals surface area contributed by atoms with Gasteiger partial charge in [-0.1, -0.05) is 32.1 Å². The Morgan fingerprint density at radius 3 is 2.18 bits per heavy atom. The standard InChI is InChI=1S/C18H35NO2Si/c1-14(2)19(15(3)4)18(20)21-17(22(5,6)7)16-12-10-8-9-11-13-16/h12,14-15,17H,8-11,13H2,1-7H3/t17-/m0/s1. The van der Waals surface area contributed by atoms with Gasteiger partial charge in [-0.25, -0.2) is 4.79 Å². The molecule has 0 saturated heterocycles. The second-order valence-electron chi connectivity index (χ2n) is 8.10. The predicted octanol–water partition coefficient (Wildman–Crippen LogP) is 5.38. The van der Waals surface area contributed by atoms with E-state index in [4.69, 9.17) is 4.74 Å². The minimum absolute atomic E-state index is 0.0121. The molecule has 0 spiro atoms. The summed E-state index contributed by atoms with van der Waals surface area (Å²) in [5.74, 6) is 0. The number of hydrogen-bond donors (Lipinski definition) is 0. The van der Waals surface area contributed by atoms with Crippen molar-refractivity contribution in [3.05, 3.63) is 11.6 Å². The molecule has 0 aromatic heterocycles. The van der Waals surface area contributed by atoms with Crippen LogP contribution in [0.25, 0.3) is 0 Å². The largest absolute Gasteiger partial charge is 0.446 e. The molecule has 0 heterocycles. The molecule has 0 aromatic carbocycles. The van der Waals surface area contributed by atoms with Gasteiger partial charge in [-0.05, 0) is 59.0 Å². The van der Waals surface area contributed by atoms with E-state index in [2.05, 4.69) is 53.4 Å². The highest BCUT2D eigenvalue weighted by Crippen LogP contribution is 2.28. The van der Waals surface area contributed by atoms with E-state index in [-0.39, 0.29) is 23.9 Å². The molecule has 4 heteroatoms. The first kappa shape index (κ1) is 19.3. The number of nitrogens with zero attached hydrogens (tertiary/aromatic N) is 1. The Balaban J connectivity index is 2.94. The van der Waals surface area contributed by atoms with Crippen molar-refractivity contribution in [1.82, 2.24) is 4.90 Å². The van der Waals surface area contributed by atoms with Gasteiger partial charge in [-0.2, -0.15) is 0 Å². The lowest BCUT2D eigenvalue weighted by Crippen LogP contribution is -2.49. The number of carbonyl (C=O) groups is 1. The van der Waals surface area contributed by atoms with Gasteiger partial charge in [-0.3, -0.25) is 0 Å². The van der Waals surface area contributed by atoms with Gasteiger partial charge in [-0.15, -0.1) is 0 Å². The van der Waals surface area contributed by atoms with Gasteiger partial charge in [0.25, 0.3) is 0 Å². The molecule has 1 rings (SSSR count). The van der Waals surface area contributed by atoms with Crippen molar-refractivity contribution in [3.8, 4) is 0 Å². The fourth-order valence-corrected chi connectivity index (χ4v) is 5.10. The molecule has 0 aliphatic heterocycles. The maximum atomic E-state index is 12.7. The zero-order valence-corrected chi connectivity index (χ0v) is 16.6. The van der Waals surface area contributed by atoms with E-state index in [0.29, 0.717) is 0 Å². The summed E-state index contributed by atoms with van der Waals surface area (Å²) < 4.78 is 6.08. The lowest BCUT2D eigenvalue weighted by atomic mass is 10.1. The van der Waals surface area contributed by atoms with Crippen LogP contribution in [-0.2, 0) is 4.74 Å². The van der Waals surface area contributed by atoms with Gasteiger partial charge in [0.1, 0.15) is 5.73 Å². The first-order chi connectivity index (χ1) is 10.1. The second kappa shape index (κ2) is 8.18. The molecule has 0 N–H and O–H groups in total. The first-order valence-electron chi connectivity index (χ1n) is 8.82. The van der Waals surface area contributed by atoms with E-state index >= 15 is 0 Å². The minimum Gasteiger partial charge on any atom is -0.446 e. The lowest BCUT2D eigenvalue weighted by molar-refractivity contribution is 0.0735. The number of ether oxygens (including phenoxy) is 1. The SMILES string of the molecule is CC(C)N(C(=O)O[C@H](C1=CCCCCC1)[Si](C)(C)C)C(C)C. The van der Waals surface area contributed by atoms with Crippen molar-refractivity contribution in [2.24, 2.45) is 0 Å². The lowest BCUT2D eigenvalue weighted by Gasteiger charge is -2.36. The summed E-state index contributed by atoms with van der Waals surface area (Å²) >= 11 is 0. The highest BCUT2D eigenvalue weighted by atomic mass is 28.3. The van der Waals surface area contributed by atoms with Crippen LogP contribution >= 0.6 is 0 Å². The summed E-state index contributed by atoms with van der Waals surface area (Å²) in [5, 5.41) is 0. The van der Waals surface area contributed by atoms with Crippen molar-refractivity contribution >= 4 is 14.2 Å². The van der Waals surface area contributed by atoms with Gasteiger partial charge < -0.3 is 9.64 Å². The van der Waals surface area contributed by atoms with Crippen LogP contribution in [0.2, 0.25) is 19.6 Å². The van der Waals surface area contributed by atoms with Crippen LogP contribution in [0.5, 0.6) is 0 Å². The zero-order valence-electron chi connectivity index (χ0n) is 15.6. The minimum atomic E-state index is -1.61. The molecular formula is C18H35NO2Si. The van der Waals surface area contributed by atoms with Gasteiger partial charge in [0, 0.05) is 12.1 Å². The van der Waals surface area contributed by atoms with Crippen molar-refractivity contribution in [3.63, 3.8) is 0 Å². The second-order valence-corrected chi connectivity index (χ2v) is 13.4. The number of amides is 1. The molecule has 3 nitrogen and oxygen atoms in total. The smallest absolute Gasteiger partial charge is 0.410 e. The van der Waals surface area contributed by atoms with Crippen LogP contribution in [-0.4, -0.2) is 36.9 Å². The molecule has 1 atom stereocenters. The Morgan fingerprint density at radius 2 is 1.68 bits per heavy atom. The third-order valence-electron chi connectivity index (χ3n) is 4.24. The summed E-state index contributed by atoms with van der Waals surface area (Å²) in [5.41, 5.74) is 1.38. The maximum absolute atomic E-state index is 12.7. The molecule has 0 radical (unpaired) electrons. The molecule has 22 heavy (non-hydrogen) atoms. The molecule has 1 aliphatic carbocycles. The van der Waals surface area contributed by atoms with Crippen molar-refractivity contribution in [1.29, 1.82) is 0 Å². The van der Waals surface area contributed by atoms with Crippen molar-refractivity contribution < 1.29 is 9.53 Å². The van der Waals surface area contributed by atoms with Gasteiger partial charge in [0.05, 0.1) is 8.07 Å². The van der Waals surface area contributed by atoms with Crippen LogP contribution in [0.4, 0.5) is 4.79 Å². The summed E-state index contributed by atoms with van der Waals surface area (Å²) in [7, 11) is -1.61. The van der Waals surface area contributed by atoms with Crippen LogP contribution in [0, 0.1) is 0 Å². The van der Waals surface area contributed by atoms with Gasteiger partial charge in [0.15, 0.2) is 0 Å². The average molecular weight is 326 g/mol. The van der Waals surface area contributed by atoms with E-state index in [0.717, 1.165) is 12.8 Å². The molecule has 1 amide bonds. The quantitative estimate of drug-likeness (QED) is 0.502. The van der Waals surface area contributed by atoms with E-state index in [9.17, 15) is 4.79 Å². The summed E-state index contributed by atoms with van der Waals surface area (Å²) in [4.78, 5) is 14.6. The monoisotopic (exact) mass is 325 g/mol. The van der Waals surface area contributed by atoms with Crippen LogP contribution < -0.4 is 0 Å². The van der Waals surface area contributed by atoms with Crippen LogP contribution in [0.3, 0.4) is 0 Å². The highest BCUT2D eigenvalue weighted by Gasteiger charge is 2.35. The van der Waals surface area contributed by atoms with Gasteiger partial charge in [0.2, 0.25) is 0 Å². The van der Waals surface area contributed by atoms with E-state index in [1.165, 1.54) is 24.8 Å². The molecule has 0 unspecified atom stereocenters. The molecular weight excluding hydrogens is 290 g/mol. The number of hydrogen-bond acceptors (Lipinski definition) is 2. The Morgan fingerprint density at radius 1 is 1.09 bits per heavy atom. The van der Waals surface area contributed by atoms with E-state index in [1.807, 2.05) is 4.90 Å². The molecule has 0 saturated carbocycles. The van der Waals surface area contributed by atoms with Crippen molar-refractivity contribution in [2.45, 2.75) is 97.3 Å². The third kappa shape index (κ3) is 5.45. The molecule has 0 fully saturated rings. The fraction of sp³-hybridized carbons (Fsp3) is 0.833. The normalized spacial score (nSPS) is 18.0. The molecule has 0 aromatic rings. The Kier molecular flexibility index (Phi) is 7.17. The average Bonchev–Trinajstić information content (AvgIpc) is 2.62. The highest BCUT2D eigenvalue weighted by molar-refractivity contribution is 6.78. The van der Waals surface area contributed by atoms with Crippen molar-refractivity contribution in [2.75, 3.05) is 0 Å². The number of allylic oxidation sites excluding steroid dienone is 1. The molecule has 128 valence electrons. The van der Waals surface area contributed by atoms with E-state index < -0.39 is 8.07 Å². The summed E-state index contributed by atoms with van der Waals surface area (Å²) in [6.07, 6.45) is 8.19. The van der Waals surface area contributed by atoms with Gasteiger partial charge >= 0.3 is 6.09 Å². The molecule has 0 bridgehead atoms. The van der Waals surface area contributed by atoms with Crippen LogP contribution in [0.1, 0.15) is 59.8 Å². The Labute approximate surface area is 138 Å². The Hall–Kier alpha value is -0.773. The maximum Gasteiger partial charge on any atom is 0.410 e.